The number of aromatic amines is 1. The predicted octanol–water partition coefficient (Wildman–Crippen LogP) is 2.83. The highest BCUT2D eigenvalue weighted by Gasteiger charge is 2.30. The first-order valence-electron chi connectivity index (χ1n) is 5.82. The van der Waals surface area contributed by atoms with Crippen molar-refractivity contribution in [2.75, 3.05) is 0 Å². The highest BCUT2D eigenvalue weighted by Crippen LogP contribution is 2.32. The van der Waals surface area contributed by atoms with Crippen LogP contribution in [0.3, 0.4) is 0 Å². The van der Waals surface area contributed by atoms with E-state index in [-0.39, 0.29) is 11.7 Å². The van der Waals surface area contributed by atoms with Crippen LogP contribution in [0.15, 0.2) is 24.3 Å². The maximum Gasteiger partial charge on any atom is 0.169 e. The molecule has 0 bridgehead atoms. The summed E-state index contributed by atoms with van der Waals surface area (Å²) in [4.78, 5) is 15.6. The molecule has 0 saturated carbocycles. The molecule has 3 nitrogen and oxygen atoms in total. The van der Waals surface area contributed by atoms with Crippen molar-refractivity contribution in [3.8, 4) is 6.07 Å². The molecule has 17 heavy (non-hydrogen) atoms. The summed E-state index contributed by atoms with van der Waals surface area (Å²) in [5, 5.41) is 9.73. The average Bonchev–Trinajstić information content (AvgIpc) is 2.72. The molecule has 2 aromatic rings. The van der Waals surface area contributed by atoms with Crippen LogP contribution >= 0.6 is 0 Å². The van der Waals surface area contributed by atoms with Gasteiger partial charge in [0, 0.05) is 34.5 Å². The second kappa shape index (κ2) is 3.74. The van der Waals surface area contributed by atoms with Crippen molar-refractivity contribution in [1.82, 2.24) is 4.98 Å². The Labute approximate surface area is 99.1 Å². The molecule has 3 heteroatoms. The van der Waals surface area contributed by atoms with Crippen LogP contribution in [-0.4, -0.2) is 10.8 Å². The van der Waals surface area contributed by atoms with Crippen LogP contribution in [0.25, 0.3) is 10.9 Å². The van der Waals surface area contributed by atoms with Crippen molar-refractivity contribution in [2.45, 2.75) is 19.3 Å². The number of hydrogen-bond donors (Lipinski definition) is 1. The monoisotopic (exact) mass is 224 g/mol. The Morgan fingerprint density at radius 1 is 1.41 bits per heavy atom. The summed E-state index contributed by atoms with van der Waals surface area (Å²) in [6.45, 7) is 0. The maximum absolute atomic E-state index is 12.3. The molecule has 1 atom stereocenters. The van der Waals surface area contributed by atoms with Gasteiger partial charge >= 0.3 is 0 Å². The fourth-order valence-corrected chi connectivity index (χ4v) is 2.63. The number of hydrogen-bond acceptors (Lipinski definition) is 2. The number of rotatable bonds is 1. The second-order valence-electron chi connectivity index (χ2n) is 4.49. The van der Waals surface area contributed by atoms with E-state index in [9.17, 15) is 4.79 Å². The molecule has 1 aromatic carbocycles. The van der Waals surface area contributed by atoms with Gasteiger partial charge in [0.25, 0.3) is 0 Å². The SMILES string of the molecule is N#CCC1CCc2[nH]c3ccccc3c2C1=O. The number of benzene rings is 1. The van der Waals surface area contributed by atoms with Crippen LogP contribution in [-0.2, 0) is 6.42 Å². The van der Waals surface area contributed by atoms with Gasteiger partial charge in [-0.05, 0) is 18.9 Å². The Bertz CT molecular complexity index is 633. The van der Waals surface area contributed by atoms with Gasteiger partial charge in [0.15, 0.2) is 5.78 Å². The summed E-state index contributed by atoms with van der Waals surface area (Å²) in [5.74, 6) is 0.0111. The van der Waals surface area contributed by atoms with Crippen LogP contribution in [0.5, 0.6) is 0 Å². The third-order valence-electron chi connectivity index (χ3n) is 3.48. The Morgan fingerprint density at radius 3 is 3.06 bits per heavy atom. The predicted molar refractivity (Wildman–Crippen MR) is 64.7 cm³/mol. The lowest BCUT2D eigenvalue weighted by Crippen LogP contribution is -2.21. The lowest BCUT2D eigenvalue weighted by Gasteiger charge is -2.18. The summed E-state index contributed by atoms with van der Waals surface area (Å²) in [6, 6.07) is 9.97. The summed E-state index contributed by atoms with van der Waals surface area (Å²) >= 11 is 0. The minimum Gasteiger partial charge on any atom is -0.358 e. The zero-order valence-corrected chi connectivity index (χ0v) is 9.36. The molecule has 3 rings (SSSR count). The van der Waals surface area contributed by atoms with Gasteiger partial charge in [-0.25, -0.2) is 0 Å². The van der Waals surface area contributed by atoms with Gasteiger partial charge in [-0.1, -0.05) is 18.2 Å². The lowest BCUT2D eigenvalue weighted by molar-refractivity contribution is 0.0906. The van der Waals surface area contributed by atoms with E-state index in [0.29, 0.717) is 6.42 Å². The first-order chi connectivity index (χ1) is 8.31. The molecule has 1 unspecified atom stereocenters. The zero-order valence-electron chi connectivity index (χ0n) is 9.36. The number of H-pyrrole nitrogens is 1. The summed E-state index contributed by atoms with van der Waals surface area (Å²) in [5.41, 5.74) is 2.86. The molecule has 1 N–H and O–H groups in total. The highest BCUT2D eigenvalue weighted by atomic mass is 16.1. The first kappa shape index (κ1) is 10.1. The Balaban J connectivity index is 2.16. The fourth-order valence-electron chi connectivity index (χ4n) is 2.63. The summed E-state index contributed by atoms with van der Waals surface area (Å²) < 4.78 is 0. The fraction of sp³-hybridized carbons (Fsp3) is 0.286. The Hall–Kier alpha value is -2.08. The van der Waals surface area contributed by atoms with E-state index in [1.807, 2.05) is 24.3 Å². The normalized spacial score (nSPS) is 19.0. The van der Waals surface area contributed by atoms with Crippen LogP contribution in [0.1, 0.15) is 28.9 Å². The Morgan fingerprint density at radius 2 is 2.24 bits per heavy atom. The minimum atomic E-state index is -0.119. The molecular weight excluding hydrogens is 212 g/mol. The first-order valence-corrected chi connectivity index (χ1v) is 5.82. The van der Waals surface area contributed by atoms with Gasteiger partial charge in [-0.15, -0.1) is 0 Å². The van der Waals surface area contributed by atoms with Crippen LogP contribution in [0.4, 0.5) is 0 Å². The Kier molecular flexibility index (Phi) is 2.22. The van der Waals surface area contributed by atoms with Gasteiger partial charge in [0.1, 0.15) is 0 Å². The number of carbonyl (C=O) groups is 1. The number of nitriles is 1. The molecule has 1 aliphatic carbocycles. The quantitative estimate of drug-likeness (QED) is 0.809. The third kappa shape index (κ3) is 1.45. The third-order valence-corrected chi connectivity index (χ3v) is 3.48. The molecule has 0 radical (unpaired) electrons. The number of aryl methyl sites for hydroxylation is 1. The average molecular weight is 224 g/mol. The van der Waals surface area contributed by atoms with Gasteiger partial charge in [-0.2, -0.15) is 5.26 Å². The van der Waals surface area contributed by atoms with Crippen molar-refractivity contribution in [3.05, 3.63) is 35.5 Å². The number of Topliss-reactive ketones (excluding diaryl/α,β-unsaturated/α-hetero) is 1. The summed E-state index contributed by atoms with van der Waals surface area (Å²) in [6.07, 6.45) is 1.98. The van der Waals surface area contributed by atoms with Crippen molar-refractivity contribution in [3.63, 3.8) is 0 Å². The number of ketones is 1. The number of para-hydroxylation sites is 1. The van der Waals surface area contributed by atoms with E-state index in [4.69, 9.17) is 5.26 Å². The van der Waals surface area contributed by atoms with E-state index in [0.717, 1.165) is 35.0 Å². The molecule has 0 saturated heterocycles. The molecule has 0 aliphatic heterocycles. The second-order valence-corrected chi connectivity index (χ2v) is 4.49. The van der Waals surface area contributed by atoms with Gasteiger partial charge in [-0.3, -0.25) is 4.79 Å². The molecule has 0 spiro atoms. The largest absolute Gasteiger partial charge is 0.358 e. The van der Waals surface area contributed by atoms with Gasteiger partial charge < -0.3 is 4.98 Å². The van der Waals surface area contributed by atoms with Gasteiger partial charge in [0.2, 0.25) is 0 Å². The topological polar surface area (TPSA) is 56.6 Å². The maximum atomic E-state index is 12.3. The molecule has 0 fully saturated rings. The number of carbonyl (C=O) groups excluding carboxylic acids is 1. The van der Waals surface area contributed by atoms with E-state index in [1.165, 1.54) is 0 Å². The van der Waals surface area contributed by atoms with Crippen LogP contribution < -0.4 is 0 Å². The van der Waals surface area contributed by atoms with E-state index in [2.05, 4.69) is 11.1 Å². The number of aromatic nitrogens is 1. The summed E-state index contributed by atoms with van der Waals surface area (Å²) in [7, 11) is 0. The van der Waals surface area contributed by atoms with E-state index in [1.54, 1.807) is 0 Å². The number of nitrogens with one attached hydrogen (secondary N) is 1. The van der Waals surface area contributed by atoms with Gasteiger partial charge in [0.05, 0.1) is 6.07 Å². The molecule has 1 aliphatic rings. The smallest absolute Gasteiger partial charge is 0.169 e. The number of nitrogens with zero attached hydrogens (tertiary/aromatic N) is 1. The highest BCUT2D eigenvalue weighted by molar-refractivity contribution is 6.11. The standard InChI is InChI=1S/C14H12N2O/c15-8-7-9-5-6-12-13(14(9)17)10-3-1-2-4-11(10)16-12/h1-4,9,16H,5-7H2. The molecule has 0 amide bonds. The van der Waals surface area contributed by atoms with Crippen molar-refractivity contribution in [2.24, 2.45) is 5.92 Å². The number of fused-ring (bicyclic) bond motifs is 3. The van der Waals surface area contributed by atoms with Crippen LogP contribution in [0.2, 0.25) is 0 Å². The van der Waals surface area contributed by atoms with E-state index < -0.39 is 0 Å². The molecule has 1 heterocycles. The lowest BCUT2D eigenvalue weighted by atomic mass is 9.83. The van der Waals surface area contributed by atoms with E-state index >= 15 is 0 Å². The van der Waals surface area contributed by atoms with Crippen molar-refractivity contribution < 1.29 is 4.79 Å². The zero-order chi connectivity index (χ0) is 11.8. The van der Waals surface area contributed by atoms with Crippen LogP contribution in [0, 0.1) is 17.2 Å². The van der Waals surface area contributed by atoms with Crippen molar-refractivity contribution >= 4 is 16.7 Å². The minimum absolute atomic E-state index is 0.119. The molecule has 84 valence electrons. The van der Waals surface area contributed by atoms with Crippen molar-refractivity contribution in [1.29, 1.82) is 5.26 Å². The molecule has 1 aromatic heterocycles. The molecular formula is C14H12N2O.